The van der Waals surface area contributed by atoms with Gasteiger partial charge in [-0.15, -0.1) is 0 Å². The van der Waals surface area contributed by atoms with Gasteiger partial charge < -0.3 is 26.2 Å². The van der Waals surface area contributed by atoms with Crippen LogP contribution in [0.4, 0.5) is 4.79 Å². The van der Waals surface area contributed by atoms with Crippen LogP contribution >= 0.6 is 0 Å². The van der Waals surface area contributed by atoms with Gasteiger partial charge in [0, 0.05) is 13.1 Å². The number of aryl methyl sites for hydroxylation is 1. The molecular weight excluding hydrogens is 322 g/mol. The molecule has 0 aliphatic carbocycles. The van der Waals surface area contributed by atoms with Crippen molar-refractivity contribution in [1.29, 1.82) is 0 Å². The molecular formula is C18H29N3O4. The largest absolute Gasteiger partial charge is 0.448 e. The highest BCUT2D eigenvalue weighted by Gasteiger charge is 2.26. The summed E-state index contributed by atoms with van der Waals surface area (Å²) in [4.78, 5) is 23.0. The van der Waals surface area contributed by atoms with Gasteiger partial charge in [-0.25, -0.2) is 4.79 Å². The number of ether oxygens (including phenoxy) is 1. The molecule has 1 aromatic rings. The Morgan fingerprint density at radius 1 is 1.24 bits per heavy atom. The van der Waals surface area contributed by atoms with Crippen LogP contribution in [0.25, 0.3) is 0 Å². The van der Waals surface area contributed by atoms with Gasteiger partial charge in [0.2, 0.25) is 5.91 Å². The van der Waals surface area contributed by atoms with E-state index < -0.39 is 18.2 Å². The van der Waals surface area contributed by atoms with Crippen LogP contribution < -0.4 is 16.4 Å². The molecule has 140 valence electrons. The molecule has 0 heterocycles. The van der Waals surface area contributed by atoms with Gasteiger partial charge in [-0.1, -0.05) is 44.2 Å². The summed E-state index contributed by atoms with van der Waals surface area (Å²) in [7, 11) is 0. The van der Waals surface area contributed by atoms with Gasteiger partial charge in [0.25, 0.3) is 0 Å². The summed E-state index contributed by atoms with van der Waals surface area (Å²) in [5.41, 5.74) is 6.00. The molecule has 0 radical (unpaired) electrons. The van der Waals surface area contributed by atoms with E-state index in [2.05, 4.69) is 15.4 Å². The summed E-state index contributed by atoms with van der Waals surface area (Å²) >= 11 is 0. The summed E-state index contributed by atoms with van der Waals surface area (Å²) in [5, 5.41) is 16.2. The topological polar surface area (TPSA) is 114 Å². The Kier molecular flexibility index (Phi) is 9.57. The fraction of sp³-hybridized carbons (Fsp3) is 0.556. The predicted molar refractivity (Wildman–Crippen MR) is 95.9 cm³/mol. The third-order valence-corrected chi connectivity index (χ3v) is 3.63. The number of nitrogens with one attached hydrogen (secondary N) is 2. The number of carbonyl (C=O) groups is 2. The van der Waals surface area contributed by atoms with Crippen molar-refractivity contribution in [2.45, 2.75) is 38.8 Å². The van der Waals surface area contributed by atoms with E-state index in [-0.39, 0.29) is 19.1 Å². The highest BCUT2D eigenvalue weighted by molar-refractivity contribution is 5.82. The second-order valence-electron chi connectivity index (χ2n) is 6.33. The molecule has 2 atom stereocenters. The minimum Gasteiger partial charge on any atom is -0.448 e. The lowest BCUT2D eigenvalue weighted by molar-refractivity contribution is -0.126. The molecule has 0 aromatic heterocycles. The van der Waals surface area contributed by atoms with Gasteiger partial charge in [-0.05, 0) is 24.3 Å². The number of carbonyl (C=O) groups excluding carboxylic acids is 2. The zero-order valence-electron chi connectivity index (χ0n) is 14.9. The highest BCUT2D eigenvalue weighted by Crippen LogP contribution is 2.08. The summed E-state index contributed by atoms with van der Waals surface area (Å²) < 4.78 is 4.64. The van der Waals surface area contributed by atoms with Crippen LogP contribution in [0.2, 0.25) is 0 Å². The van der Waals surface area contributed by atoms with Gasteiger partial charge in [0.05, 0.1) is 6.10 Å². The monoisotopic (exact) mass is 351 g/mol. The van der Waals surface area contributed by atoms with Crippen LogP contribution in [0.15, 0.2) is 30.3 Å². The maximum Gasteiger partial charge on any atom is 0.404 e. The normalized spacial score (nSPS) is 13.3. The Bertz CT molecular complexity index is 522. The van der Waals surface area contributed by atoms with E-state index in [4.69, 9.17) is 5.73 Å². The molecule has 2 amide bonds. The second kappa shape index (κ2) is 11.4. The fourth-order valence-corrected chi connectivity index (χ4v) is 2.31. The van der Waals surface area contributed by atoms with E-state index >= 15 is 0 Å². The first-order valence-corrected chi connectivity index (χ1v) is 8.55. The Hall–Kier alpha value is -2.12. The molecule has 0 fully saturated rings. The lowest BCUT2D eigenvalue weighted by Crippen LogP contribution is -2.52. The zero-order chi connectivity index (χ0) is 18.7. The third-order valence-electron chi connectivity index (χ3n) is 3.63. The van der Waals surface area contributed by atoms with E-state index in [9.17, 15) is 14.7 Å². The van der Waals surface area contributed by atoms with Gasteiger partial charge in [0.1, 0.15) is 12.6 Å². The summed E-state index contributed by atoms with van der Waals surface area (Å²) in [6.45, 7) is 4.78. The molecule has 1 rings (SSSR count). The van der Waals surface area contributed by atoms with E-state index in [0.29, 0.717) is 25.3 Å². The van der Waals surface area contributed by atoms with Crippen molar-refractivity contribution in [2.24, 2.45) is 11.7 Å². The van der Waals surface area contributed by atoms with Gasteiger partial charge in [-0.2, -0.15) is 0 Å². The molecule has 0 saturated heterocycles. The SMILES string of the molecule is CC(C)CNC(=O)C(NCCOC(N)=O)C(O)CCc1ccccc1. The van der Waals surface area contributed by atoms with E-state index in [1.54, 1.807) is 0 Å². The average Bonchev–Trinajstić information content (AvgIpc) is 2.58. The molecule has 1 aromatic carbocycles. The van der Waals surface area contributed by atoms with Crippen LogP contribution in [-0.4, -0.2) is 48.9 Å². The molecule has 0 bridgehead atoms. The summed E-state index contributed by atoms with van der Waals surface area (Å²) in [5.74, 6) is 0.0394. The standard InChI is InChI=1S/C18H29N3O4/c1-13(2)12-21-17(23)16(20-10-11-25-18(19)24)15(22)9-8-14-6-4-3-5-7-14/h3-7,13,15-16,20,22H,8-12H2,1-2H3,(H2,19,24)(H,21,23). The number of hydrogen-bond acceptors (Lipinski definition) is 5. The second-order valence-corrected chi connectivity index (χ2v) is 6.33. The van der Waals surface area contributed by atoms with Gasteiger partial charge >= 0.3 is 6.09 Å². The van der Waals surface area contributed by atoms with Crippen molar-refractivity contribution in [1.82, 2.24) is 10.6 Å². The lowest BCUT2D eigenvalue weighted by Gasteiger charge is -2.24. The van der Waals surface area contributed by atoms with Crippen LogP contribution in [0.1, 0.15) is 25.8 Å². The number of rotatable bonds is 11. The van der Waals surface area contributed by atoms with Crippen LogP contribution in [0.3, 0.4) is 0 Å². The number of aliphatic hydroxyl groups excluding tert-OH is 1. The van der Waals surface area contributed by atoms with E-state index in [1.165, 1.54) is 0 Å². The molecule has 7 heteroatoms. The molecule has 0 spiro atoms. The minimum absolute atomic E-state index is 0.0364. The fourth-order valence-electron chi connectivity index (χ4n) is 2.31. The van der Waals surface area contributed by atoms with Crippen molar-refractivity contribution >= 4 is 12.0 Å². The van der Waals surface area contributed by atoms with Crippen molar-refractivity contribution in [3.63, 3.8) is 0 Å². The average molecular weight is 351 g/mol. The minimum atomic E-state index is -0.868. The quantitative estimate of drug-likeness (QED) is 0.441. The first-order chi connectivity index (χ1) is 11.9. The number of aliphatic hydroxyl groups is 1. The smallest absolute Gasteiger partial charge is 0.404 e. The summed E-state index contributed by atoms with van der Waals surface area (Å²) in [6.07, 6.45) is -0.628. The summed E-state index contributed by atoms with van der Waals surface area (Å²) in [6, 6.07) is 8.99. The van der Waals surface area contributed by atoms with Crippen molar-refractivity contribution < 1.29 is 19.4 Å². The number of nitrogens with two attached hydrogens (primary N) is 1. The third kappa shape index (κ3) is 9.07. The van der Waals surface area contributed by atoms with Crippen molar-refractivity contribution in [3.8, 4) is 0 Å². The molecule has 0 saturated carbocycles. The Morgan fingerprint density at radius 3 is 2.52 bits per heavy atom. The number of hydrogen-bond donors (Lipinski definition) is 4. The highest BCUT2D eigenvalue weighted by atomic mass is 16.5. The molecule has 2 unspecified atom stereocenters. The van der Waals surface area contributed by atoms with E-state index in [1.807, 2.05) is 44.2 Å². The first-order valence-electron chi connectivity index (χ1n) is 8.55. The molecule has 0 aliphatic rings. The first kappa shape index (κ1) is 20.9. The number of benzene rings is 1. The maximum absolute atomic E-state index is 12.4. The number of amides is 2. The number of primary amides is 1. The van der Waals surface area contributed by atoms with Gasteiger partial charge in [0.15, 0.2) is 0 Å². The van der Waals surface area contributed by atoms with Crippen LogP contribution in [-0.2, 0) is 16.0 Å². The van der Waals surface area contributed by atoms with Crippen LogP contribution in [0.5, 0.6) is 0 Å². The molecule has 5 N–H and O–H groups in total. The van der Waals surface area contributed by atoms with Gasteiger partial charge in [-0.3, -0.25) is 4.79 Å². The maximum atomic E-state index is 12.4. The van der Waals surface area contributed by atoms with Crippen molar-refractivity contribution in [2.75, 3.05) is 19.7 Å². The van der Waals surface area contributed by atoms with Crippen LogP contribution in [0, 0.1) is 5.92 Å². The predicted octanol–water partition coefficient (Wildman–Crippen LogP) is 0.806. The van der Waals surface area contributed by atoms with Crippen molar-refractivity contribution in [3.05, 3.63) is 35.9 Å². The lowest BCUT2D eigenvalue weighted by atomic mass is 10.0. The molecule has 7 nitrogen and oxygen atoms in total. The Morgan fingerprint density at radius 2 is 1.92 bits per heavy atom. The Balaban J connectivity index is 2.57. The van der Waals surface area contributed by atoms with E-state index in [0.717, 1.165) is 5.56 Å². The molecule has 25 heavy (non-hydrogen) atoms. The zero-order valence-corrected chi connectivity index (χ0v) is 14.9. The Labute approximate surface area is 148 Å². The molecule has 0 aliphatic heterocycles.